The second kappa shape index (κ2) is 9.91. The van der Waals surface area contributed by atoms with Crippen molar-refractivity contribution in [3.63, 3.8) is 0 Å². The SMILES string of the molecule is CC(C)C[C@H](c1cccc(C#N)c1O)N1CCNCC1.Cl.Cl. The highest BCUT2D eigenvalue weighted by Gasteiger charge is 2.26. The minimum atomic E-state index is 0. The monoisotopic (exact) mass is 345 g/mol. The van der Waals surface area contributed by atoms with E-state index in [2.05, 4.69) is 30.1 Å². The van der Waals surface area contributed by atoms with Crippen LogP contribution in [0.5, 0.6) is 5.75 Å². The van der Waals surface area contributed by atoms with Crippen LogP contribution in [0.4, 0.5) is 0 Å². The molecule has 1 fully saturated rings. The summed E-state index contributed by atoms with van der Waals surface area (Å²) in [4.78, 5) is 2.41. The van der Waals surface area contributed by atoms with Crippen molar-refractivity contribution in [2.75, 3.05) is 26.2 Å². The number of hydrogen-bond donors (Lipinski definition) is 2. The average molecular weight is 346 g/mol. The smallest absolute Gasteiger partial charge is 0.138 e. The van der Waals surface area contributed by atoms with Crippen LogP contribution in [0, 0.1) is 17.2 Å². The summed E-state index contributed by atoms with van der Waals surface area (Å²) in [5.41, 5.74) is 1.26. The van der Waals surface area contributed by atoms with Gasteiger partial charge >= 0.3 is 0 Å². The van der Waals surface area contributed by atoms with Crippen LogP contribution in [0.15, 0.2) is 18.2 Å². The summed E-state index contributed by atoms with van der Waals surface area (Å²) in [6.45, 7) is 8.31. The first-order chi connectivity index (χ1) is 9.63. The number of nitrogens with one attached hydrogen (secondary N) is 1. The summed E-state index contributed by atoms with van der Waals surface area (Å²) in [6.07, 6.45) is 0.989. The fraction of sp³-hybridized carbons (Fsp3) is 0.562. The van der Waals surface area contributed by atoms with E-state index in [1.165, 1.54) is 0 Å². The molecule has 1 aliphatic heterocycles. The van der Waals surface area contributed by atoms with E-state index in [1.54, 1.807) is 6.07 Å². The first kappa shape index (κ1) is 21.0. The minimum absolute atomic E-state index is 0. The maximum atomic E-state index is 10.3. The second-order valence-electron chi connectivity index (χ2n) is 5.79. The maximum absolute atomic E-state index is 10.3. The van der Waals surface area contributed by atoms with Gasteiger partial charge in [-0.05, 0) is 18.4 Å². The molecule has 1 saturated heterocycles. The molecule has 0 aromatic heterocycles. The Morgan fingerprint density at radius 3 is 2.45 bits per heavy atom. The highest BCUT2D eigenvalue weighted by Crippen LogP contribution is 2.35. The zero-order chi connectivity index (χ0) is 14.5. The number of aromatic hydroxyl groups is 1. The molecule has 1 heterocycles. The van der Waals surface area contributed by atoms with Gasteiger partial charge in [-0.15, -0.1) is 24.8 Å². The van der Waals surface area contributed by atoms with Crippen molar-refractivity contribution in [3.05, 3.63) is 29.3 Å². The number of rotatable bonds is 4. The summed E-state index contributed by atoms with van der Waals surface area (Å²) >= 11 is 0. The van der Waals surface area contributed by atoms with E-state index in [0.717, 1.165) is 38.2 Å². The lowest BCUT2D eigenvalue weighted by Crippen LogP contribution is -2.45. The van der Waals surface area contributed by atoms with Crippen LogP contribution < -0.4 is 5.32 Å². The van der Waals surface area contributed by atoms with Crippen LogP contribution >= 0.6 is 24.8 Å². The number of phenolic OH excluding ortho intramolecular Hbond substituents is 1. The average Bonchev–Trinajstić information content (AvgIpc) is 2.46. The molecule has 2 rings (SSSR count). The summed E-state index contributed by atoms with van der Waals surface area (Å²) in [7, 11) is 0. The van der Waals surface area contributed by atoms with Gasteiger partial charge in [0.15, 0.2) is 0 Å². The van der Waals surface area contributed by atoms with E-state index in [9.17, 15) is 5.11 Å². The molecule has 1 aliphatic rings. The standard InChI is InChI=1S/C16H23N3O.2ClH/c1-12(2)10-15(19-8-6-18-7-9-19)14-5-3-4-13(11-17)16(14)20;;/h3-5,12,15,18,20H,6-10H2,1-2H3;2*1H/t15-;;/m1../s1. The summed E-state index contributed by atoms with van der Waals surface area (Å²) in [5, 5.41) is 22.8. The van der Waals surface area contributed by atoms with Crippen LogP contribution in [0.25, 0.3) is 0 Å². The van der Waals surface area contributed by atoms with E-state index < -0.39 is 0 Å². The molecule has 6 heteroatoms. The van der Waals surface area contributed by atoms with Gasteiger partial charge in [-0.3, -0.25) is 4.90 Å². The molecule has 0 radical (unpaired) electrons. The van der Waals surface area contributed by atoms with Gasteiger partial charge in [0.1, 0.15) is 11.8 Å². The molecule has 0 amide bonds. The van der Waals surface area contributed by atoms with Gasteiger partial charge in [-0.1, -0.05) is 26.0 Å². The van der Waals surface area contributed by atoms with E-state index in [4.69, 9.17) is 5.26 Å². The van der Waals surface area contributed by atoms with Gasteiger partial charge in [0.25, 0.3) is 0 Å². The Bertz CT molecular complexity index is 497. The lowest BCUT2D eigenvalue weighted by Gasteiger charge is -2.36. The predicted molar refractivity (Wildman–Crippen MR) is 94.0 cm³/mol. The molecule has 0 spiro atoms. The minimum Gasteiger partial charge on any atom is -0.506 e. The highest BCUT2D eigenvalue weighted by molar-refractivity contribution is 5.85. The van der Waals surface area contributed by atoms with Gasteiger partial charge in [-0.2, -0.15) is 5.26 Å². The topological polar surface area (TPSA) is 59.3 Å². The molecular formula is C16H25Cl2N3O. The Labute approximate surface area is 145 Å². The number of para-hydroxylation sites is 1. The quantitative estimate of drug-likeness (QED) is 0.880. The van der Waals surface area contributed by atoms with Crippen molar-refractivity contribution in [3.8, 4) is 11.8 Å². The van der Waals surface area contributed by atoms with Crippen LogP contribution in [-0.4, -0.2) is 36.2 Å². The number of halogens is 2. The largest absolute Gasteiger partial charge is 0.506 e. The second-order valence-corrected chi connectivity index (χ2v) is 5.79. The first-order valence-electron chi connectivity index (χ1n) is 7.30. The van der Waals surface area contributed by atoms with Gasteiger partial charge in [0.05, 0.1) is 5.56 Å². The Balaban J connectivity index is 0.00000220. The van der Waals surface area contributed by atoms with Crippen LogP contribution in [-0.2, 0) is 0 Å². The van der Waals surface area contributed by atoms with Gasteiger partial charge in [0.2, 0.25) is 0 Å². The molecule has 4 nitrogen and oxygen atoms in total. The lowest BCUT2D eigenvalue weighted by atomic mass is 9.93. The zero-order valence-corrected chi connectivity index (χ0v) is 14.7. The summed E-state index contributed by atoms with van der Waals surface area (Å²) in [6, 6.07) is 7.73. The van der Waals surface area contributed by atoms with Crippen LogP contribution in [0.1, 0.15) is 37.4 Å². The molecule has 0 unspecified atom stereocenters. The Morgan fingerprint density at radius 2 is 1.91 bits per heavy atom. The van der Waals surface area contributed by atoms with Gasteiger partial charge in [0, 0.05) is 37.8 Å². The fourth-order valence-electron chi connectivity index (χ4n) is 2.83. The first-order valence-corrected chi connectivity index (χ1v) is 7.30. The molecule has 22 heavy (non-hydrogen) atoms. The third-order valence-electron chi connectivity index (χ3n) is 3.83. The van der Waals surface area contributed by atoms with E-state index >= 15 is 0 Å². The van der Waals surface area contributed by atoms with E-state index in [-0.39, 0.29) is 36.6 Å². The molecule has 1 aromatic carbocycles. The molecule has 1 atom stereocenters. The molecule has 0 bridgehead atoms. The van der Waals surface area contributed by atoms with Crippen molar-refractivity contribution in [1.82, 2.24) is 10.2 Å². The predicted octanol–water partition coefficient (Wildman–Crippen LogP) is 3.10. The van der Waals surface area contributed by atoms with Crippen molar-refractivity contribution in [1.29, 1.82) is 5.26 Å². The van der Waals surface area contributed by atoms with Crippen molar-refractivity contribution in [2.24, 2.45) is 5.92 Å². The number of benzene rings is 1. The lowest BCUT2D eigenvalue weighted by molar-refractivity contribution is 0.151. The molecule has 0 saturated carbocycles. The van der Waals surface area contributed by atoms with E-state index in [1.807, 2.05) is 12.1 Å². The number of phenols is 1. The van der Waals surface area contributed by atoms with Crippen molar-refractivity contribution >= 4 is 24.8 Å². The molecule has 2 N–H and O–H groups in total. The van der Waals surface area contributed by atoms with Crippen molar-refractivity contribution < 1.29 is 5.11 Å². The summed E-state index contributed by atoms with van der Waals surface area (Å²) < 4.78 is 0. The van der Waals surface area contributed by atoms with E-state index in [0.29, 0.717) is 11.5 Å². The third kappa shape index (κ3) is 5.03. The molecular weight excluding hydrogens is 321 g/mol. The maximum Gasteiger partial charge on any atom is 0.138 e. The molecule has 124 valence electrons. The van der Waals surface area contributed by atoms with Gasteiger partial charge in [-0.25, -0.2) is 0 Å². The Kier molecular flexibility index (Phi) is 9.47. The molecule has 1 aromatic rings. The number of piperazine rings is 1. The Hall–Kier alpha value is -0.990. The zero-order valence-electron chi connectivity index (χ0n) is 13.1. The Morgan fingerprint density at radius 1 is 1.27 bits per heavy atom. The third-order valence-corrected chi connectivity index (χ3v) is 3.83. The van der Waals surface area contributed by atoms with Crippen molar-refractivity contribution in [2.45, 2.75) is 26.3 Å². The van der Waals surface area contributed by atoms with Crippen LogP contribution in [0.3, 0.4) is 0 Å². The van der Waals surface area contributed by atoms with Crippen LogP contribution in [0.2, 0.25) is 0 Å². The normalized spacial score (nSPS) is 16.3. The highest BCUT2D eigenvalue weighted by atomic mass is 35.5. The van der Waals surface area contributed by atoms with Gasteiger partial charge < -0.3 is 10.4 Å². The summed E-state index contributed by atoms with van der Waals surface area (Å²) in [5.74, 6) is 0.694. The number of nitrogens with zero attached hydrogens (tertiary/aromatic N) is 2. The number of nitriles is 1. The fourth-order valence-corrected chi connectivity index (χ4v) is 2.83. The number of hydrogen-bond acceptors (Lipinski definition) is 4. The molecule has 0 aliphatic carbocycles.